The third-order valence-electron chi connectivity index (χ3n) is 0.465. The van der Waals surface area contributed by atoms with Crippen molar-refractivity contribution in [3.63, 3.8) is 0 Å². The molecule has 0 heterocycles. The van der Waals surface area contributed by atoms with Gasteiger partial charge in [0.15, 0.2) is 0 Å². The van der Waals surface area contributed by atoms with E-state index < -0.39 is 0 Å². The van der Waals surface area contributed by atoms with Crippen molar-refractivity contribution in [3.8, 4) is 0 Å². The Kier molecular flexibility index (Phi) is 4.49. The van der Waals surface area contributed by atoms with Crippen LogP contribution in [0.1, 0.15) is 13.8 Å². The first-order valence-electron chi connectivity index (χ1n) is 2.09. The minimum atomic E-state index is 0.0651. The minimum absolute atomic E-state index is 0.0651. The van der Waals surface area contributed by atoms with Gasteiger partial charge < -0.3 is 0 Å². The van der Waals surface area contributed by atoms with E-state index in [-0.39, 0.29) is 21.2 Å². The third kappa shape index (κ3) is 4.04. The van der Waals surface area contributed by atoms with Gasteiger partial charge in [-0.3, -0.25) is 0 Å². The summed E-state index contributed by atoms with van der Waals surface area (Å²) in [5.74, 6) is 0. The second-order valence-corrected chi connectivity index (χ2v) is 4.85. The summed E-state index contributed by atoms with van der Waals surface area (Å²) in [4.78, 5) is 0. The molecule has 0 bridgehead atoms. The number of hydrogen-bond acceptors (Lipinski definition) is 2. The first-order chi connectivity index (χ1) is 3.31. The Bertz CT molecular complexity index is 72.1. The molecule has 0 atom stereocenters. The van der Waals surface area contributed by atoms with Crippen LogP contribution in [0.5, 0.6) is 0 Å². The Hall–Kier alpha value is 0.200. The van der Waals surface area contributed by atoms with Gasteiger partial charge in [-0.15, -0.1) is 0 Å². The summed E-state index contributed by atoms with van der Waals surface area (Å²) in [6, 6.07) is 0. The van der Waals surface area contributed by atoms with Crippen LogP contribution in [0.3, 0.4) is 0 Å². The predicted octanol–water partition coefficient (Wildman–Crippen LogP) is -2.10. The van der Waals surface area contributed by atoms with E-state index in [0.717, 1.165) is 8.15 Å². The molecule has 0 spiro atoms. The van der Waals surface area contributed by atoms with Crippen LogP contribution in [0.2, 0.25) is 0 Å². The molecule has 0 saturated heterocycles. The number of oxime groups is 1. The SMILES string of the molecule is CC[I-]/C(C)=N\O. The molecule has 0 rings (SSSR count). The molecule has 0 saturated carbocycles. The van der Waals surface area contributed by atoms with Crippen LogP contribution in [0.25, 0.3) is 0 Å². The van der Waals surface area contributed by atoms with E-state index in [9.17, 15) is 0 Å². The van der Waals surface area contributed by atoms with Gasteiger partial charge >= 0.3 is 53.6 Å². The number of nitrogens with zero attached hydrogens (tertiary/aromatic N) is 1. The van der Waals surface area contributed by atoms with E-state index >= 15 is 0 Å². The molecular formula is C4H9INO-. The molecule has 0 fully saturated rings. The summed E-state index contributed by atoms with van der Waals surface area (Å²) in [5, 5.41) is 11.1. The number of rotatable bonds is 2. The van der Waals surface area contributed by atoms with Gasteiger partial charge in [0.1, 0.15) is 0 Å². The van der Waals surface area contributed by atoms with Crippen molar-refractivity contribution < 1.29 is 26.4 Å². The van der Waals surface area contributed by atoms with Crippen LogP contribution < -0.4 is 21.2 Å². The molecule has 0 aromatic heterocycles. The average Bonchev–Trinajstić information content (AvgIpc) is 1.68. The first kappa shape index (κ1) is 7.20. The Labute approximate surface area is 53.9 Å². The Morgan fingerprint density at radius 1 is 1.86 bits per heavy atom. The molecule has 0 amide bonds. The van der Waals surface area contributed by atoms with Crippen LogP contribution >= 0.6 is 0 Å². The van der Waals surface area contributed by atoms with Crippen molar-refractivity contribution in [1.82, 2.24) is 0 Å². The molecule has 0 unspecified atom stereocenters. The van der Waals surface area contributed by atoms with Crippen molar-refractivity contribution in [2.24, 2.45) is 5.16 Å². The van der Waals surface area contributed by atoms with E-state index in [1.165, 1.54) is 0 Å². The maximum absolute atomic E-state index is 8.08. The van der Waals surface area contributed by atoms with Crippen LogP contribution in [-0.2, 0) is 0 Å². The van der Waals surface area contributed by atoms with Crippen molar-refractivity contribution in [2.45, 2.75) is 13.8 Å². The van der Waals surface area contributed by atoms with Crippen LogP contribution in [0.4, 0.5) is 0 Å². The van der Waals surface area contributed by atoms with Gasteiger partial charge in [0.05, 0.1) is 0 Å². The quantitative estimate of drug-likeness (QED) is 0.184. The zero-order valence-corrected chi connectivity index (χ0v) is 6.64. The normalized spacial score (nSPS) is 12.6. The molecule has 0 aliphatic heterocycles. The number of halogens is 1. The van der Waals surface area contributed by atoms with Crippen LogP contribution in [-0.4, -0.2) is 13.4 Å². The monoisotopic (exact) mass is 214 g/mol. The van der Waals surface area contributed by atoms with Crippen LogP contribution in [0.15, 0.2) is 5.16 Å². The molecule has 44 valence electrons. The van der Waals surface area contributed by atoms with Crippen molar-refractivity contribution in [2.75, 3.05) is 4.43 Å². The van der Waals surface area contributed by atoms with E-state index in [4.69, 9.17) is 5.21 Å². The van der Waals surface area contributed by atoms with E-state index in [1.807, 2.05) is 6.92 Å². The second kappa shape index (κ2) is 4.36. The molecule has 0 aromatic carbocycles. The van der Waals surface area contributed by atoms with Crippen molar-refractivity contribution >= 4 is 3.72 Å². The zero-order valence-electron chi connectivity index (χ0n) is 4.48. The summed E-state index contributed by atoms with van der Waals surface area (Å²) < 4.78 is 2.08. The predicted molar refractivity (Wildman–Crippen MR) is 25.4 cm³/mol. The van der Waals surface area contributed by atoms with Crippen molar-refractivity contribution in [1.29, 1.82) is 0 Å². The summed E-state index contributed by atoms with van der Waals surface area (Å²) in [6.07, 6.45) is 0. The fourth-order valence-electron chi connectivity index (χ4n) is 0.220. The first-order valence-corrected chi connectivity index (χ1v) is 4.69. The Morgan fingerprint density at radius 2 is 2.43 bits per heavy atom. The Morgan fingerprint density at radius 3 is 2.57 bits per heavy atom. The maximum atomic E-state index is 8.08. The standard InChI is InChI=1S/C4H9INO/c1-3-5-4(2)6-7/h7H,3H2,1-2H3/q-1/b6-4-. The fourth-order valence-corrected chi connectivity index (χ4v) is 1.48. The van der Waals surface area contributed by atoms with Gasteiger partial charge in [0, 0.05) is 0 Å². The van der Waals surface area contributed by atoms with Crippen molar-refractivity contribution in [3.05, 3.63) is 0 Å². The van der Waals surface area contributed by atoms with E-state index in [0.29, 0.717) is 0 Å². The topological polar surface area (TPSA) is 32.6 Å². The molecule has 0 aromatic rings. The average molecular weight is 214 g/mol. The number of alkyl halides is 1. The van der Waals surface area contributed by atoms with Gasteiger partial charge in [-0.25, -0.2) is 0 Å². The van der Waals surface area contributed by atoms with Gasteiger partial charge in [-0.2, -0.15) is 0 Å². The molecule has 7 heavy (non-hydrogen) atoms. The zero-order chi connectivity index (χ0) is 5.70. The summed E-state index contributed by atoms with van der Waals surface area (Å²) in [5.41, 5.74) is 0. The molecule has 0 aliphatic rings. The van der Waals surface area contributed by atoms with E-state index in [2.05, 4.69) is 12.1 Å². The summed E-state index contributed by atoms with van der Waals surface area (Å²) >= 11 is 0.0651. The molecular weight excluding hydrogens is 205 g/mol. The Balaban J connectivity index is 3.17. The molecule has 2 nitrogen and oxygen atoms in total. The van der Waals surface area contributed by atoms with Gasteiger partial charge in [0.25, 0.3) is 0 Å². The van der Waals surface area contributed by atoms with Gasteiger partial charge in [-0.1, -0.05) is 0 Å². The second-order valence-electron chi connectivity index (χ2n) is 0.998. The van der Waals surface area contributed by atoms with Crippen LogP contribution in [0, 0.1) is 0 Å². The molecule has 0 aliphatic carbocycles. The molecule has 1 N–H and O–H groups in total. The van der Waals surface area contributed by atoms with Gasteiger partial charge in [-0.05, 0) is 0 Å². The summed E-state index contributed by atoms with van der Waals surface area (Å²) in [6.45, 7) is 3.96. The molecule has 3 heteroatoms. The third-order valence-corrected chi connectivity index (χ3v) is 2.55. The summed E-state index contributed by atoms with van der Waals surface area (Å²) in [7, 11) is 0. The molecule has 0 radical (unpaired) electrons. The van der Waals surface area contributed by atoms with Gasteiger partial charge in [0.2, 0.25) is 0 Å². The number of hydrogen-bond donors (Lipinski definition) is 1. The van der Waals surface area contributed by atoms with E-state index in [1.54, 1.807) is 0 Å². The fraction of sp³-hybridized carbons (Fsp3) is 0.750.